The largest absolute Gasteiger partial charge is 0.351 e. The van der Waals surface area contributed by atoms with Crippen LogP contribution in [0.4, 0.5) is 0 Å². The summed E-state index contributed by atoms with van der Waals surface area (Å²) in [7, 11) is 0. The van der Waals surface area contributed by atoms with Crippen LogP contribution in [0.3, 0.4) is 0 Å². The number of halogens is 1. The van der Waals surface area contributed by atoms with Crippen LogP contribution in [0, 0.1) is 0 Å². The summed E-state index contributed by atoms with van der Waals surface area (Å²) in [6.07, 6.45) is 4.03. The molecule has 110 valence electrons. The highest BCUT2D eigenvalue weighted by Crippen LogP contribution is 2.30. The van der Waals surface area contributed by atoms with Crippen LogP contribution in [0.25, 0.3) is 38.7 Å². The zero-order valence-electron chi connectivity index (χ0n) is 12.1. The van der Waals surface area contributed by atoms with Gasteiger partial charge in [-0.15, -0.1) is 0 Å². The van der Waals surface area contributed by atoms with E-state index in [1.54, 1.807) is 0 Å². The molecule has 3 nitrogen and oxygen atoms in total. The summed E-state index contributed by atoms with van der Waals surface area (Å²) in [6.45, 7) is 0. The number of H-pyrrole nitrogens is 1. The minimum atomic E-state index is 0.955. The van der Waals surface area contributed by atoms with Crippen molar-refractivity contribution >= 4 is 43.4 Å². The van der Waals surface area contributed by atoms with Crippen molar-refractivity contribution in [3.8, 4) is 11.3 Å². The van der Waals surface area contributed by atoms with Crippen molar-refractivity contribution < 1.29 is 0 Å². The molecule has 3 heterocycles. The summed E-state index contributed by atoms with van der Waals surface area (Å²) in [6, 6.07) is 18.8. The average Bonchev–Trinajstić information content (AvgIpc) is 3.16. The Morgan fingerprint density at radius 3 is 2.61 bits per heavy atom. The van der Waals surface area contributed by atoms with Gasteiger partial charge in [0.05, 0.1) is 17.4 Å². The van der Waals surface area contributed by atoms with Crippen molar-refractivity contribution in [2.24, 2.45) is 0 Å². The molecule has 0 unspecified atom stereocenters. The van der Waals surface area contributed by atoms with Crippen molar-refractivity contribution in [2.75, 3.05) is 0 Å². The number of benzene rings is 2. The lowest BCUT2D eigenvalue weighted by Gasteiger charge is -2.03. The van der Waals surface area contributed by atoms with Crippen molar-refractivity contribution in [1.29, 1.82) is 0 Å². The molecule has 0 bridgehead atoms. The Hall–Kier alpha value is -2.59. The molecule has 0 aliphatic heterocycles. The monoisotopic (exact) mass is 361 g/mol. The Labute approximate surface area is 140 Å². The third-order valence-corrected chi connectivity index (χ3v) is 4.83. The number of hydrogen-bond acceptors (Lipinski definition) is 1. The maximum Gasteiger partial charge on any atom is 0.161 e. The Morgan fingerprint density at radius 2 is 1.74 bits per heavy atom. The number of para-hydroxylation sites is 1. The Kier molecular flexibility index (Phi) is 2.64. The van der Waals surface area contributed by atoms with Crippen molar-refractivity contribution in [3.05, 3.63) is 71.5 Å². The molecule has 4 heteroatoms. The number of nitrogens with one attached hydrogen (secondary N) is 1. The molecule has 0 saturated carbocycles. The summed E-state index contributed by atoms with van der Waals surface area (Å²) in [5.74, 6) is 0. The van der Waals surface area contributed by atoms with E-state index in [4.69, 9.17) is 0 Å². The topological polar surface area (TPSA) is 33.1 Å². The van der Waals surface area contributed by atoms with E-state index in [2.05, 4.69) is 85.0 Å². The van der Waals surface area contributed by atoms with Gasteiger partial charge < -0.3 is 4.98 Å². The van der Waals surface area contributed by atoms with Gasteiger partial charge in [0.2, 0.25) is 0 Å². The normalized spacial score (nSPS) is 11.7. The van der Waals surface area contributed by atoms with Gasteiger partial charge in [-0.2, -0.15) is 0 Å². The molecule has 1 N–H and O–H groups in total. The van der Waals surface area contributed by atoms with Gasteiger partial charge in [-0.25, -0.2) is 4.98 Å². The summed E-state index contributed by atoms with van der Waals surface area (Å²) < 4.78 is 3.22. The predicted molar refractivity (Wildman–Crippen MR) is 97.7 cm³/mol. The fraction of sp³-hybridized carbons (Fsp3) is 0. The van der Waals surface area contributed by atoms with Crippen molar-refractivity contribution in [1.82, 2.24) is 14.4 Å². The van der Waals surface area contributed by atoms with Gasteiger partial charge in [-0.05, 0) is 24.3 Å². The third-order valence-electron chi connectivity index (χ3n) is 4.30. The van der Waals surface area contributed by atoms with Crippen LogP contribution in [0.2, 0.25) is 0 Å². The molecule has 0 fully saturated rings. The average molecular weight is 362 g/mol. The van der Waals surface area contributed by atoms with E-state index < -0.39 is 0 Å². The van der Waals surface area contributed by atoms with Gasteiger partial charge in [-0.3, -0.25) is 4.40 Å². The van der Waals surface area contributed by atoms with Crippen LogP contribution in [0.15, 0.2) is 71.5 Å². The SMILES string of the molecule is Brc1ccc(-c2cnc3c4[nH]c5ccccc5c4ccn23)cc1. The molecule has 0 radical (unpaired) electrons. The molecule has 0 aliphatic carbocycles. The van der Waals surface area contributed by atoms with E-state index in [9.17, 15) is 0 Å². The second-order valence-corrected chi connectivity index (χ2v) is 6.53. The molecule has 2 aromatic carbocycles. The number of rotatable bonds is 1. The smallest absolute Gasteiger partial charge is 0.161 e. The lowest BCUT2D eigenvalue weighted by molar-refractivity contribution is 1.20. The first kappa shape index (κ1) is 12.9. The molecular weight excluding hydrogens is 350 g/mol. The number of hydrogen-bond donors (Lipinski definition) is 1. The zero-order valence-corrected chi connectivity index (χ0v) is 13.7. The number of nitrogens with zero attached hydrogens (tertiary/aromatic N) is 2. The quantitative estimate of drug-likeness (QED) is 0.426. The summed E-state index contributed by atoms with van der Waals surface area (Å²) in [4.78, 5) is 8.16. The van der Waals surface area contributed by atoms with E-state index in [1.165, 1.54) is 10.8 Å². The number of imidazole rings is 1. The van der Waals surface area contributed by atoms with Gasteiger partial charge in [-0.1, -0.05) is 46.3 Å². The Morgan fingerprint density at radius 1 is 0.913 bits per heavy atom. The van der Waals surface area contributed by atoms with E-state index >= 15 is 0 Å². The van der Waals surface area contributed by atoms with Gasteiger partial charge in [0.1, 0.15) is 0 Å². The Bertz CT molecular complexity index is 1170. The van der Waals surface area contributed by atoms with Crippen LogP contribution in [0.5, 0.6) is 0 Å². The maximum absolute atomic E-state index is 4.66. The van der Waals surface area contributed by atoms with Gasteiger partial charge in [0.15, 0.2) is 5.65 Å². The van der Waals surface area contributed by atoms with E-state index in [-0.39, 0.29) is 0 Å². The molecule has 0 amide bonds. The standard InChI is InChI=1S/C19H12BrN3/c20-13-7-5-12(6-8-13)17-11-21-19-18-15(9-10-23(17)19)14-3-1-2-4-16(14)22-18/h1-11,22H. The van der Waals surface area contributed by atoms with Crippen LogP contribution < -0.4 is 0 Å². The molecule has 3 aromatic heterocycles. The number of aromatic nitrogens is 3. The lowest BCUT2D eigenvalue weighted by Crippen LogP contribution is -1.88. The minimum absolute atomic E-state index is 0.955. The van der Waals surface area contributed by atoms with Gasteiger partial charge in [0, 0.05) is 32.5 Å². The summed E-state index contributed by atoms with van der Waals surface area (Å²) in [5, 5.41) is 2.44. The van der Waals surface area contributed by atoms with E-state index in [0.29, 0.717) is 0 Å². The molecule has 0 spiro atoms. The number of aromatic amines is 1. The number of fused-ring (bicyclic) bond motifs is 5. The molecule has 23 heavy (non-hydrogen) atoms. The summed E-state index contributed by atoms with van der Waals surface area (Å²) >= 11 is 3.48. The van der Waals surface area contributed by atoms with Crippen LogP contribution in [-0.4, -0.2) is 14.4 Å². The third kappa shape index (κ3) is 1.85. The first-order valence-electron chi connectivity index (χ1n) is 7.44. The molecular formula is C19H12BrN3. The molecule has 0 atom stereocenters. The molecule has 5 aromatic rings. The first-order chi connectivity index (χ1) is 11.3. The highest BCUT2D eigenvalue weighted by Gasteiger charge is 2.12. The zero-order chi connectivity index (χ0) is 15.4. The molecule has 0 saturated heterocycles. The second-order valence-electron chi connectivity index (χ2n) is 5.62. The van der Waals surface area contributed by atoms with E-state index in [1.807, 2.05) is 12.3 Å². The van der Waals surface area contributed by atoms with Crippen LogP contribution in [0.1, 0.15) is 0 Å². The van der Waals surface area contributed by atoms with Crippen LogP contribution >= 0.6 is 15.9 Å². The van der Waals surface area contributed by atoms with Crippen molar-refractivity contribution in [3.63, 3.8) is 0 Å². The van der Waals surface area contributed by atoms with Crippen molar-refractivity contribution in [2.45, 2.75) is 0 Å². The second kappa shape index (κ2) is 4.70. The van der Waals surface area contributed by atoms with Gasteiger partial charge >= 0.3 is 0 Å². The highest BCUT2D eigenvalue weighted by atomic mass is 79.9. The number of pyridine rings is 1. The fourth-order valence-electron chi connectivity index (χ4n) is 3.19. The fourth-order valence-corrected chi connectivity index (χ4v) is 3.46. The van der Waals surface area contributed by atoms with E-state index in [0.717, 1.165) is 32.4 Å². The molecule has 5 rings (SSSR count). The van der Waals surface area contributed by atoms with Gasteiger partial charge in [0.25, 0.3) is 0 Å². The Balaban J connectivity index is 1.84. The van der Waals surface area contributed by atoms with Crippen LogP contribution in [-0.2, 0) is 0 Å². The highest BCUT2D eigenvalue weighted by molar-refractivity contribution is 9.10. The first-order valence-corrected chi connectivity index (χ1v) is 8.23. The lowest BCUT2D eigenvalue weighted by atomic mass is 10.1. The molecule has 0 aliphatic rings. The maximum atomic E-state index is 4.66. The summed E-state index contributed by atoms with van der Waals surface area (Å²) in [5.41, 5.74) is 5.42. The predicted octanol–water partition coefficient (Wildman–Crippen LogP) is 5.40. The minimum Gasteiger partial charge on any atom is -0.351 e.